The lowest BCUT2D eigenvalue weighted by atomic mass is 10.2. The van der Waals surface area contributed by atoms with Crippen molar-refractivity contribution in [2.45, 2.75) is 11.4 Å². The molecule has 4 nitrogen and oxygen atoms in total. The highest BCUT2D eigenvalue weighted by Crippen LogP contribution is 2.29. The van der Waals surface area contributed by atoms with Gasteiger partial charge in [0.25, 0.3) is 10.0 Å². The van der Waals surface area contributed by atoms with Gasteiger partial charge >= 0.3 is 0 Å². The van der Waals surface area contributed by atoms with Crippen molar-refractivity contribution in [3.05, 3.63) is 89.4 Å². The first kappa shape index (κ1) is 18.3. The highest BCUT2D eigenvalue weighted by molar-refractivity contribution is 7.92. The third kappa shape index (κ3) is 3.84. The minimum Gasteiger partial charge on any atom is -0.497 e. The van der Waals surface area contributed by atoms with Crippen molar-refractivity contribution in [3.63, 3.8) is 0 Å². The third-order valence-electron chi connectivity index (χ3n) is 3.96. The van der Waals surface area contributed by atoms with E-state index in [2.05, 4.69) is 0 Å². The average molecular weight is 388 g/mol. The summed E-state index contributed by atoms with van der Waals surface area (Å²) in [6.07, 6.45) is 0. The monoisotopic (exact) mass is 387 g/mol. The van der Waals surface area contributed by atoms with Crippen LogP contribution in [-0.2, 0) is 16.6 Å². The smallest absolute Gasteiger partial charge is 0.264 e. The Morgan fingerprint density at radius 2 is 1.50 bits per heavy atom. The first-order chi connectivity index (χ1) is 12.5. The van der Waals surface area contributed by atoms with Gasteiger partial charge in [-0.1, -0.05) is 48.0 Å². The predicted molar refractivity (Wildman–Crippen MR) is 104 cm³/mol. The molecule has 0 radical (unpaired) electrons. The number of ether oxygens (including phenoxy) is 1. The number of anilines is 1. The quantitative estimate of drug-likeness (QED) is 0.613. The Morgan fingerprint density at radius 3 is 2.12 bits per heavy atom. The molecule has 3 rings (SSSR count). The van der Waals surface area contributed by atoms with E-state index in [1.54, 1.807) is 67.8 Å². The van der Waals surface area contributed by atoms with Gasteiger partial charge in [0.1, 0.15) is 5.75 Å². The Labute approximate surface area is 158 Å². The summed E-state index contributed by atoms with van der Waals surface area (Å²) < 4.78 is 33.0. The van der Waals surface area contributed by atoms with Crippen molar-refractivity contribution in [1.29, 1.82) is 0 Å². The van der Waals surface area contributed by atoms with E-state index in [0.717, 1.165) is 5.56 Å². The molecule has 0 bridgehead atoms. The Bertz CT molecular complexity index is 973. The van der Waals surface area contributed by atoms with Crippen molar-refractivity contribution < 1.29 is 13.2 Å². The first-order valence-corrected chi connectivity index (χ1v) is 9.79. The van der Waals surface area contributed by atoms with Gasteiger partial charge in [-0.2, -0.15) is 0 Å². The van der Waals surface area contributed by atoms with Crippen LogP contribution < -0.4 is 9.04 Å². The molecule has 0 aliphatic carbocycles. The molecule has 0 spiro atoms. The topological polar surface area (TPSA) is 46.6 Å². The van der Waals surface area contributed by atoms with Crippen LogP contribution in [0.1, 0.15) is 5.56 Å². The van der Waals surface area contributed by atoms with Crippen molar-refractivity contribution in [2.24, 2.45) is 0 Å². The maximum atomic E-state index is 13.3. The lowest BCUT2D eigenvalue weighted by Crippen LogP contribution is -2.30. The maximum Gasteiger partial charge on any atom is 0.264 e. The van der Waals surface area contributed by atoms with Crippen LogP contribution in [0.5, 0.6) is 5.75 Å². The molecule has 0 aliphatic rings. The zero-order valence-electron chi connectivity index (χ0n) is 14.2. The number of methoxy groups -OCH3 is 1. The molecule has 0 fully saturated rings. The second kappa shape index (κ2) is 7.81. The number of nitrogens with zero attached hydrogens (tertiary/aromatic N) is 1. The number of rotatable bonds is 6. The highest BCUT2D eigenvalue weighted by Gasteiger charge is 2.25. The van der Waals surface area contributed by atoms with Crippen molar-refractivity contribution >= 4 is 27.3 Å². The summed E-state index contributed by atoms with van der Waals surface area (Å²) in [6, 6.07) is 22.5. The van der Waals surface area contributed by atoms with Crippen LogP contribution >= 0.6 is 11.6 Å². The SMILES string of the molecule is COc1ccc(N(Cc2ccccc2Cl)S(=O)(=O)c2ccccc2)cc1. The van der Waals surface area contributed by atoms with E-state index >= 15 is 0 Å². The summed E-state index contributed by atoms with van der Waals surface area (Å²) in [6.45, 7) is 0.128. The second-order valence-corrected chi connectivity index (χ2v) is 7.88. The summed E-state index contributed by atoms with van der Waals surface area (Å²) in [7, 11) is -2.19. The van der Waals surface area contributed by atoms with Crippen LogP contribution in [0.2, 0.25) is 5.02 Å². The molecule has 0 saturated heterocycles. The molecule has 0 N–H and O–H groups in total. The van der Waals surface area contributed by atoms with E-state index in [1.807, 2.05) is 18.2 Å². The molecular weight excluding hydrogens is 370 g/mol. The molecule has 26 heavy (non-hydrogen) atoms. The zero-order valence-corrected chi connectivity index (χ0v) is 15.7. The molecule has 3 aromatic rings. The van der Waals surface area contributed by atoms with Crippen LogP contribution in [-0.4, -0.2) is 15.5 Å². The van der Waals surface area contributed by atoms with E-state index in [9.17, 15) is 8.42 Å². The molecule has 3 aromatic carbocycles. The lowest BCUT2D eigenvalue weighted by molar-refractivity contribution is 0.415. The Balaban J connectivity index is 2.08. The molecule has 0 saturated carbocycles. The van der Waals surface area contributed by atoms with Gasteiger partial charge in [0.05, 0.1) is 24.2 Å². The zero-order chi connectivity index (χ0) is 18.6. The maximum absolute atomic E-state index is 13.3. The third-order valence-corrected chi connectivity index (χ3v) is 6.12. The van der Waals surface area contributed by atoms with Crippen LogP contribution in [0.3, 0.4) is 0 Å². The normalized spacial score (nSPS) is 11.2. The number of sulfonamides is 1. The van der Waals surface area contributed by atoms with Gasteiger partial charge in [-0.3, -0.25) is 4.31 Å². The summed E-state index contributed by atoms with van der Waals surface area (Å²) >= 11 is 6.26. The van der Waals surface area contributed by atoms with Gasteiger partial charge in [0.2, 0.25) is 0 Å². The van der Waals surface area contributed by atoms with Gasteiger partial charge in [-0.05, 0) is 48.0 Å². The van der Waals surface area contributed by atoms with Gasteiger partial charge in [0, 0.05) is 5.02 Å². The number of hydrogen-bond acceptors (Lipinski definition) is 3. The molecule has 0 amide bonds. The minimum absolute atomic E-state index is 0.128. The van der Waals surface area contributed by atoms with E-state index in [4.69, 9.17) is 16.3 Å². The summed E-state index contributed by atoms with van der Waals surface area (Å²) in [4.78, 5) is 0.225. The molecular formula is C20H18ClNO3S. The second-order valence-electron chi connectivity index (χ2n) is 5.61. The predicted octanol–water partition coefficient (Wildman–Crippen LogP) is 4.74. The molecule has 0 aromatic heterocycles. The highest BCUT2D eigenvalue weighted by atomic mass is 35.5. The van der Waals surface area contributed by atoms with E-state index in [1.165, 1.54) is 4.31 Å². The van der Waals surface area contributed by atoms with Gasteiger partial charge in [0.15, 0.2) is 0 Å². The van der Waals surface area contributed by atoms with Crippen LogP contribution in [0.25, 0.3) is 0 Å². The summed E-state index contributed by atoms with van der Waals surface area (Å²) in [5.74, 6) is 0.656. The van der Waals surface area contributed by atoms with Gasteiger partial charge < -0.3 is 4.74 Å². The Hall–Kier alpha value is -2.50. The van der Waals surface area contributed by atoms with Gasteiger partial charge in [-0.15, -0.1) is 0 Å². The fourth-order valence-electron chi connectivity index (χ4n) is 2.56. The number of benzene rings is 3. The van der Waals surface area contributed by atoms with Crippen molar-refractivity contribution in [3.8, 4) is 5.75 Å². The molecule has 0 heterocycles. The standard InChI is InChI=1S/C20H18ClNO3S/c1-25-18-13-11-17(12-14-18)22(15-16-7-5-6-10-20(16)21)26(23,24)19-8-3-2-4-9-19/h2-14H,15H2,1H3. The number of halogens is 1. The molecule has 6 heteroatoms. The van der Waals surface area contributed by atoms with E-state index < -0.39 is 10.0 Å². The van der Waals surface area contributed by atoms with Crippen LogP contribution in [0, 0.1) is 0 Å². The largest absolute Gasteiger partial charge is 0.497 e. The number of hydrogen-bond donors (Lipinski definition) is 0. The van der Waals surface area contributed by atoms with E-state index in [-0.39, 0.29) is 11.4 Å². The van der Waals surface area contributed by atoms with Crippen molar-refractivity contribution in [1.82, 2.24) is 0 Å². The summed E-state index contributed by atoms with van der Waals surface area (Å²) in [5, 5.41) is 0.522. The first-order valence-electron chi connectivity index (χ1n) is 7.97. The summed E-state index contributed by atoms with van der Waals surface area (Å²) in [5.41, 5.74) is 1.26. The molecule has 0 unspecified atom stereocenters. The fraction of sp³-hybridized carbons (Fsp3) is 0.100. The lowest BCUT2D eigenvalue weighted by Gasteiger charge is -2.25. The Morgan fingerprint density at radius 1 is 0.885 bits per heavy atom. The molecule has 0 atom stereocenters. The van der Waals surface area contributed by atoms with Crippen molar-refractivity contribution in [2.75, 3.05) is 11.4 Å². The molecule has 0 aliphatic heterocycles. The Kier molecular flexibility index (Phi) is 5.49. The van der Waals surface area contributed by atoms with Gasteiger partial charge in [-0.25, -0.2) is 8.42 Å². The minimum atomic E-state index is -3.75. The average Bonchev–Trinajstić information content (AvgIpc) is 2.68. The van der Waals surface area contributed by atoms with Crippen LogP contribution in [0.4, 0.5) is 5.69 Å². The molecule has 134 valence electrons. The van der Waals surface area contributed by atoms with Crippen LogP contribution in [0.15, 0.2) is 83.8 Å². The van der Waals surface area contributed by atoms with E-state index in [0.29, 0.717) is 16.5 Å². The fourth-order valence-corrected chi connectivity index (χ4v) is 4.22.